The molecule has 3 atom stereocenters. The molecule has 5 aromatic rings. The largest absolute Gasteiger partial charge is 0.495 e. The predicted octanol–water partition coefficient (Wildman–Crippen LogP) is 8.59. The zero-order valence-electron chi connectivity index (χ0n) is 41.6. The molecule has 0 bridgehead atoms. The van der Waals surface area contributed by atoms with Crippen molar-refractivity contribution in [2.75, 3.05) is 65.4 Å². The van der Waals surface area contributed by atoms with E-state index in [1.807, 2.05) is 62.4 Å². The Morgan fingerprint density at radius 3 is 2.35 bits per heavy atom. The molecular formula is C53H62Cl2N8O8S. The average molecular weight is 1040 g/mol. The van der Waals surface area contributed by atoms with Gasteiger partial charge in [0.05, 0.1) is 75.5 Å². The van der Waals surface area contributed by atoms with Crippen LogP contribution in [0, 0.1) is 29.6 Å². The number of piperazine rings is 1. The quantitative estimate of drug-likeness (QED) is 0.0627. The number of nitriles is 1. The summed E-state index contributed by atoms with van der Waals surface area (Å²) < 4.78 is 17.3. The Morgan fingerprint density at radius 2 is 1.68 bits per heavy atom. The van der Waals surface area contributed by atoms with Crippen LogP contribution in [-0.2, 0) is 25.7 Å². The Morgan fingerprint density at radius 1 is 0.944 bits per heavy atom. The third-order valence-electron chi connectivity index (χ3n) is 13.3. The van der Waals surface area contributed by atoms with E-state index in [9.17, 15) is 29.5 Å². The van der Waals surface area contributed by atoms with Crippen molar-refractivity contribution in [2.45, 2.75) is 84.9 Å². The number of nitrogens with zero attached hydrogens (tertiary/aromatic N) is 6. The lowest BCUT2D eigenvalue weighted by Gasteiger charge is -2.35. The number of hydrogen-bond acceptors (Lipinski definition) is 14. The van der Waals surface area contributed by atoms with Gasteiger partial charge in [0, 0.05) is 101 Å². The third-order valence-corrected chi connectivity index (χ3v) is 14.9. The molecule has 382 valence electrons. The molecule has 3 aromatic carbocycles. The van der Waals surface area contributed by atoms with Crippen molar-refractivity contribution in [2.24, 2.45) is 11.3 Å². The standard InChI is InChI=1S/C53H62Cl2N8O8S/c1-32-50(72-31-59-32)34-13-11-33(12-14-34)28-58-51(67)44-22-37(65)30-63(44)52(68)39(53(2,3)4)21-36(64)9-7-10-48(66)62-18-16-61(17-19-62)15-8-20-71-47-25-42-38(23-46(47)70-6)49(35(27-56)29-57-42)60-43-26-45(69-5)41(55)24-40(43)54/h11-14,23-26,29,31,37,39,44,65H,7-10,15-22,28,30H2,1-6H3,(H,57,60)(H,58,67)/t37-,39-,44+/m1/s1. The Kier molecular flexibility index (Phi) is 18.0. The van der Waals surface area contributed by atoms with E-state index in [1.54, 1.807) is 42.7 Å². The third kappa shape index (κ3) is 13.1. The fraction of sp³-hybridized carbons (Fsp3) is 0.453. The topological polar surface area (TPSA) is 200 Å². The van der Waals surface area contributed by atoms with Gasteiger partial charge in [0.15, 0.2) is 11.5 Å². The number of nitrogens with one attached hydrogen (secondary N) is 2. The summed E-state index contributed by atoms with van der Waals surface area (Å²) in [4.78, 5) is 69.9. The molecule has 0 spiro atoms. The van der Waals surface area contributed by atoms with Crippen molar-refractivity contribution in [1.29, 1.82) is 5.26 Å². The number of aryl methyl sites for hydroxylation is 1. The summed E-state index contributed by atoms with van der Waals surface area (Å²) >= 11 is 14.3. The number of rotatable bonds is 20. The number of ether oxygens (including phenoxy) is 3. The molecule has 0 aliphatic carbocycles. The molecule has 4 heterocycles. The highest BCUT2D eigenvalue weighted by Crippen LogP contribution is 2.41. The molecule has 2 aromatic heterocycles. The fourth-order valence-electron chi connectivity index (χ4n) is 9.15. The molecule has 16 nitrogen and oxygen atoms in total. The molecule has 72 heavy (non-hydrogen) atoms. The summed E-state index contributed by atoms with van der Waals surface area (Å²) in [6, 6.07) is 16.0. The van der Waals surface area contributed by atoms with Crippen LogP contribution in [0.5, 0.6) is 17.2 Å². The lowest BCUT2D eigenvalue weighted by Crippen LogP contribution is -2.50. The summed E-state index contributed by atoms with van der Waals surface area (Å²) in [7, 11) is 3.05. The maximum atomic E-state index is 14.2. The van der Waals surface area contributed by atoms with Crippen LogP contribution >= 0.6 is 34.5 Å². The predicted molar refractivity (Wildman–Crippen MR) is 279 cm³/mol. The van der Waals surface area contributed by atoms with Gasteiger partial charge in [-0.15, -0.1) is 11.3 Å². The van der Waals surface area contributed by atoms with Crippen LogP contribution in [-0.4, -0.2) is 126 Å². The Hall–Kier alpha value is -6.03. The van der Waals surface area contributed by atoms with E-state index in [0.29, 0.717) is 94.3 Å². The van der Waals surface area contributed by atoms with Crippen molar-refractivity contribution in [3.8, 4) is 33.8 Å². The number of aliphatic hydroxyl groups excluding tert-OH is 1. The molecule has 7 rings (SSSR count). The normalized spacial score (nSPS) is 16.6. The number of β-amino-alcohol motifs (C(OH)–C–C–N with tert-alkyl or cyclic N) is 1. The molecule has 0 saturated carbocycles. The maximum absolute atomic E-state index is 14.2. The Bertz CT molecular complexity index is 2810. The zero-order valence-corrected chi connectivity index (χ0v) is 43.9. The smallest absolute Gasteiger partial charge is 0.243 e. The van der Waals surface area contributed by atoms with E-state index >= 15 is 0 Å². The molecule has 2 saturated heterocycles. The van der Waals surface area contributed by atoms with E-state index in [2.05, 4.69) is 31.6 Å². The highest BCUT2D eigenvalue weighted by molar-refractivity contribution is 7.13. The lowest BCUT2D eigenvalue weighted by molar-refractivity contribution is -0.146. The summed E-state index contributed by atoms with van der Waals surface area (Å²) in [6.45, 7) is 11.7. The summed E-state index contributed by atoms with van der Waals surface area (Å²) in [5.41, 5.74) is 5.98. The van der Waals surface area contributed by atoms with Crippen molar-refractivity contribution >= 4 is 80.3 Å². The number of fused-ring (bicyclic) bond motifs is 1. The molecule has 0 unspecified atom stereocenters. The molecule has 0 radical (unpaired) electrons. The second-order valence-corrected chi connectivity index (χ2v) is 21.0. The molecule has 2 aliphatic rings. The number of carbonyl (C=O) groups is 4. The zero-order chi connectivity index (χ0) is 51.7. The van der Waals surface area contributed by atoms with Crippen LogP contribution in [0.3, 0.4) is 0 Å². The molecule has 19 heteroatoms. The van der Waals surface area contributed by atoms with Gasteiger partial charge in [-0.1, -0.05) is 68.2 Å². The number of methoxy groups -OCH3 is 2. The van der Waals surface area contributed by atoms with Crippen LogP contribution in [0.25, 0.3) is 21.3 Å². The number of hydrogen-bond donors (Lipinski definition) is 3. The number of Topliss-reactive ketones (excluding diaryl/α,β-unsaturated/α-hetero) is 1. The molecule has 3 amide bonds. The number of halogens is 2. The number of pyridine rings is 1. The maximum Gasteiger partial charge on any atom is 0.243 e. The van der Waals surface area contributed by atoms with Gasteiger partial charge < -0.3 is 39.8 Å². The Balaban J connectivity index is 0.838. The van der Waals surface area contributed by atoms with Crippen molar-refractivity contribution in [3.63, 3.8) is 0 Å². The van der Waals surface area contributed by atoms with Gasteiger partial charge in [-0.25, -0.2) is 4.98 Å². The van der Waals surface area contributed by atoms with Crippen molar-refractivity contribution < 1.29 is 38.5 Å². The molecule has 2 fully saturated rings. The lowest BCUT2D eigenvalue weighted by atomic mass is 9.76. The van der Waals surface area contributed by atoms with E-state index in [0.717, 1.165) is 34.7 Å². The molecule has 3 N–H and O–H groups in total. The van der Waals surface area contributed by atoms with Crippen LogP contribution in [0.1, 0.15) is 76.1 Å². The van der Waals surface area contributed by atoms with E-state index < -0.39 is 23.5 Å². The first kappa shape index (κ1) is 53.8. The first-order chi connectivity index (χ1) is 34.5. The van der Waals surface area contributed by atoms with Crippen LogP contribution in [0.15, 0.2) is 60.2 Å². The average Bonchev–Trinajstić information content (AvgIpc) is 3.99. The number of carbonyl (C=O) groups excluding carboxylic acids is 4. The second kappa shape index (κ2) is 24.1. The van der Waals surface area contributed by atoms with E-state index in [4.69, 9.17) is 37.4 Å². The van der Waals surface area contributed by atoms with Gasteiger partial charge in [0.2, 0.25) is 17.7 Å². The van der Waals surface area contributed by atoms with Crippen molar-refractivity contribution in [1.82, 2.24) is 30.0 Å². The summed E-state index contributed by atoms with van der Waals surface area (Å²) in [5, 5.41) is 28.1. The first-order valence-corrected chi connectivity index (χ1v) is 25.7. The monoisotopic (exact) mass is 1040 g/mol. The number of aromatic nitrogens is 2. The molecule has 2 aliphatic heterocycles. The van der Waals surface area contributed by atoms with Crippen molar-refractivity contribution in [3.05, 3.63) is 87.1 Å². The highest BCUT2D eigenvalue weighted by atomic mass is 35.5. The number of thiazole rings is 1. The van der Waals surface area contributed by atoms with Gasteiger partial charge in [0.1, 0.15) is 23.6 Å². The van der Waals surface area contributed by atoms with E-state index in [-0.39, 0.29) is 62.3 Å². The van der Waals surface area contributed by atoms with Gasteiger partial charge in [-0.05, 0) is 48.4 Å². The minimum atomic E-state index is -0.857. The highest BCUT2D eigenvalue weighted by Gasteiger charge is 2.44. The number of anilines is 2. The summed E-state index contributed by atoms with van der Waals surface area (Å²) in [6.07, 6.45) is 2.19. The number of ketones is 1. The van der Waals surface area contributed by atoms with Crippen LogP contribution in [0.2, 0.25) is 10.0 Å². The SMILES string of the molecule is COc1cc(Nc2c(C#N)cnc3cc(OCCCN4CCN(C(=O)CCCC(=O)C[C@H](C(=O)N5C[C@H](O)C[C@H]5C(=O)NCc5ccc(-c6scnc6C)cc5)C(C)(C)C)CC4)c(OC)cc23)c(Cl)cc1Cl. The van der Waals surface area contributed by atoms with Gasteiger partial charge in [0.25, 0.3) is 0 Å². The number of aliphatic hydroxyl groups is 1. The fourth-order valence-corrected chi connectivity index (χ4v) is 10.5. The number of benzene rings is 3. The minimum Gasteiger partial charge on any atom is -0.495 e. The Labute approximate surface area is 434 Å². The second-order valence-electron chi connectivity index (χ2n) is 19.3. The number of likely N-dealkylation sites (tertiary alicyclic amines) is 1. The minimum absolute atomic E-state index is 0.00626. The first-order valence-electron chi connectivity index (χ1n) is 24.1. The van der Waals surface area contributed by atoms with E-state index in [1.165, 1.54) is 18.2 Å². The van der Waals surface area contributed by atoms with Gasteiger partial charge >= 0.3 is 0 Å². The number of amides is 3. The van der Waals surface area contributed by atoms with Gasteiger partial charge in [-0.3, -0.25) is 29.1 Å². The van der Waals surface area contributed by atoms with Crippen LogP contribution in [0.4, 0.5) is 11.4 Å². The van der Waals surface area contributed by atoms with Crippen LogP contribution < -0.4 is 24.8 Å². The molecular weight excluding hydrogens is 980 g/mol. The van der Waals surface area contributed by atoms with Gasteiger partial charge in [-0.2, -0.15) is 5.26 Å². The summed E-state index contributed by atoms with van der Waals surface area (Å²) in [5.74, 6) is -0.122.